The Hall–Kier alpha value is -3.05. The lowest BCUT2D eigenvalue weighted by Crippen LogP contribution is -2.04. The lowest BCUT2D eigenvalue weighted by atomic mass is 9.94. The molecular formula is C24H19BrO4. The number of phenolic OH excluding ortho intramolecular Hbond substituents is 1. The topological polar surface area (TPSA) is 59.7 Å². The van der Waals surface area contributed by atoms with E-state index in [-0.39, 0.29) is 11.5 Å². The van der Waals surface area contributed by atoms with E-state index in [4.69, 9.17) is 9.15 Å². The average Bonchev–Trinajstić information content (AvgIpc) is 3.13. The van der Waals surface area contributed by atoms with Crippen LogP contribution in [0, 0.1) is 13.8 Å². The highest BCUT2D eigenvalue weighted by atomic mass is 79.9. The Balaban J connectivity index is 2.06. The van der Waals surface area contributed by atoms with Crippen molar-refractivity contribution in [1.82, 2.24) is 0 Å². The number of aryl methyl sites for hydroxylation is 2. The van der Waals surface area contributed by atoms with Gasteiger partial charge in [-0.3, -0.25) is 4.79 Å². The Morgan fingerprint density at radius 3 is 2.41 bits per heavy atom. The van der Waals surface area contributed by atoms with Gasteiger partial charge in [-0.15, -0.1) is 0 Å². The van der Waals surface area contributed by atoms with Crippen molar-refractivity contribution in [3.8, 4) is 22.8 Å². The van der Waals surface area contributed by atoms with E-state index in [1.807, 2.05) is 49.4 Å². The molecule has 4 nitrogen and oxygen atoms in total. The first-order chi connectivity index (χ1) is 13.9. The van der Waals surface area contributed by atoms with Gasteiger partial charge in [0, 0.05) is 26.5 Å². The third-order valence-corrected chi connectivity index (χ3v) is 5.77. The largest absolute Gasteiger partial charge is 0.508 e. The van der Waals surface area contributed by atoms with Gasteiger partial charge in [0.15, 0.2) is 5.78 Å². The molecule has 146 valence electrons. The molecule has 0 aliphatic carbocycles. The van der Waals surface area contributed by atoms with Crippen molar-refractivity contribution >= 4 is 32.7 Å². The quantitative estimate of drug-likeness (QED) is 0.364. The molecule has 0 aliphatic rings. The second kappa shape index (κ2) is 7.41. The zero-order valence-electron chi connectivity index (χ0n) is 16.2. The SMILES string of the molecule is COc1ccc(-c2oc3c(C)cc(O)c(C)c3c2C(=O)c2ccccc2Br)cc1. The van der Waals surface area contributed by atoms with Crippen molar-refractivity contribution in [3.63, 3.8) is 0 Å². The number of aromatic hydroxyl groups is 1. The number of rotatable bonds is 4. The molecule has 29 heavy (non-hydrogen) atoms. The molecule has 0 saturated carbocycles. The maximum Gasteiger partial charge on any atom is 0.198 e. The highest BCUT2D eigenvalue weighted by Gasteiger charge is 2.27. The summed E-state index contributed by atoms with van der Waals surface area (Å²) in [5.41, 5.74) is 3.71. The lowest BCUT2D eigenvalue weighted by molar-refractivity contribution is 0.103. The minimum atomic E-state index is -0.171. The first-order valence-electron chi connectivity index (χ1n) is 9.11. The molecule has 0 spiro atoms. The van der Waals surface area contributed by atoms with Crippen molar-refractivity contribution in [2.24, 2.45) is 0 Å². The molecule has 0 radical (unpaired) electrons. The molecule has 4 rings (SSSR count). The van der Waals surface area contributed by atoms with Gasteiger partial charge in [-0.1, -0.05) is 28.1 Å². The number of benzene rings is 3. The van der Waals surface area contributed by atoms with Gasteiger partial charge < -0.3 is 14.3 Å². The summed E-state index contributed by atoms with van der Waals surface area (Å²) >= 11 is 3.48. The summed E-state index contributed by atoms with van der Waals surface area (Å²) in [6, 6.07) is 16.3. The molecule has 1 N–H and O–H groups in total. The summed E-state index contributed by atoms with van der Waals surface area (Å²) in [5, 5.41) is 11.0. The van der Waals surface area contributed by atoms with Crippen LogP contribution in [0.1, 0.15) is 27.0 Å². The minimum Gasteiger partial charge on any atom is -0.508 e. The van der Waals surface area contributed by atoms with Crippen LogP contribution in [0.25, 0.3) is 22.3 Å². The molecule has 0 saturated heterocycles. The van der Waals surface area contributed by atoms with Crippen LogP contribution in [0.15, 0.2) is 63.5 Å². The number of carbonyl (C=O) groups is 1. The highest BCUT2D eigenvalue weighted by molar-refractivity contribution is 9.10. The molecular weight excluding hydrogens is 432 g/mol. The third kappa shape index (κ3) is 3.21. The Labute approximate surface area is 176 Å². The standard InChI is InChI=1S/C24H19BrO4/c1-13-12-19(26)14(2)20-21(22(27)17-6-4-5-7-18(17)25)24(29-23(13)20)15-8-10-16(28-3)11-9-15/h4-12,26H,1-3H3. The number of hydrogen-bond acceptors (Lipinski definition) is 4. The first kappa shape index (κ1) is 19.3. The van der Waals surface area contributed by atoms with E-state index in [1.165, 1.54) is 0 Å². The number of halogens is 1. The van der Waals surface area contributed by atoms with E-state index in [0.717, 1.165) is 11.1 Å². The van der Waals surface area contributed by atoms with E-state index < -0.39 is 0 Å². The number of methoxy groups -OCH3 is 1. The minimum absolute atomic E-state index is 0.137. The lowest BCUT2D eigenvalue weighted by Gasteiger charge is -2.08. The highest BCUT2D eigenvalue weighted by Crippen LogP contribution is 2.41. The van der Waals surface area contributed by atoms with Crippen LogP contribution in [-0.4, -0.2) is 18.0 Å². The van der Waals surface area contributed by atoms with Crippen LogP contribution >= 0.6 is 15.9 Å². The summed E-state index contributed by atoms with van der Waals surface area (Å²) in [6.07, 6.45) is 0. The summed E-state index contributed by atoms with van der Waals surface area (Å²) in [7, 11) is 1.60. The third-order valence-electron chi connectivity index (χ3n) is 5.08. The van der Waals surface area contributed by atoms with Gasteiger partial charge in [0.05, 0.1) is 12.7 Å². The number of furan rings is 1. The van der Waals surface area contributed by atoms with E-state index in [0.29, 0.717) is 43.6 Å². The molecule has 5 heteroatoms. The molecule has 0 bridgehead atoms. The van der Waals surface area contributed by atoms with Gasteiger partial charge in [0.25, 0.3) is 0 Å². The van der Waals surface area contributed by atoms with Crippen LogP contribution in [0.5, 0.6) is 11.5 Å². The number of hydrogen-bond donors (Lipinski definition) is 1. The van der Waals surface area contributed by atoms with Gasteiger partial charge in [0.1, 0.15) is 22.8 Å². The van der Waals surface area contributed by atoms with Crippen LogP contribution in [0.3, 0.4) is 0 Å². The molecule has 0 fully saturated rings. The van der Waals surface area contributed by atoms with E-state index in [9.17, 15) is 9.90 Å². The van der Waals surface area contributed by atoms with E-state index >= 15 is 0 Å². The Morgan fingerprint density at radius 1 is 1.07 bits per heavy atom. The van der Waals surface area contributed by atoms with Gasteiger partial charge >= 0.3 is 0 Å². The fourth-order valence-corrected chi connectivity index (χ4v) is 3.98. The molecule has 0 aliphatic heterocycles. The predicted octanol–water partition coefficient (Wildman–Crippen LogP) is 6.42. The number of fused-ring (bicyclic) bond motifs is 1. The summed E-state index contributed by atoms with van der Waals surface area (Å²) in [4.78, 5) is 13.6. The van der Waals surface area contributed by atoms with Gasteiger partial charge in [-0.2, -0.15) is 0 Å². The van der Waals surface area contributed by atoms with Crippen molar-refractivity contribution in [2.75, 3.05) is 7.11 Å². The predicted molar refractivity (Wildman–Crippen MR) is 117 cm³/mol. The normalized spacial score (nSPS) is 11.0. The molecule has 0 atom stereocenters. The number of ether oxygens (including phenoxy) is 1. The van der Waals surface area contributed by atoms with Crippen molar-refractivity contribution in [3.05, 3.63) is 81.3 Å². The maximum absolute atomic E-state index is 13.6. The molecule has 1 heterocycles. The Morgan fingerprint density at radius 2 is 1.76 bits per heavy atom. The molecule has 1 aromatic heterocycles. The fraction of sp³-hybridized carbons (Fsp3) is 0.125. The summed E-state index contributed by atoms with van der Waals surface area (Å²) in [5.74, 6) is 1.15. The van der Waals surface area contributed by atoms with E-state index in [2.05, 4.69) is 15.9 Å². The van der Waals surface area contributed by atoms with Crippen LogP contribution in [-0.2, 0) is 0 Å². The van der Waals surface area contributed by atoms with Gasteiger partial charge in [0.2, 0.25) is 0 Å². The smallest absolute Gasteiger partial charge is 0.198 e. The molecule has 3 aromatic carbocycles. The van der Waals surface area contributed by atoms with Crippen molar-refractivity contribution < 1.29 is 19.1 Å². The van der Waals surface area contributed by atoms with Gasteiger partial charge in [-0.05, 0) is 61.9 Å². The van der Waals surface area contributed by atoms with Crippen LogP contribution in [0.4, 0.5) is 0 Å². The summed E-state index contributed by atoms with van der Waals surface area (Å²) < 4.78 is 12.2. The average molecular weight is 451 g/mol. The summed E-state index contributed by atoms with van der Waals surface area (Å²) in [6.45, 7) is 3.65. The monoisotopic (exact) mass is 450 g/mol. The zero-order valence-corrected chi connectivity index (χ0v) is 17.8. The second-order valence-corrected chi connectivity index (χ2v) is 7.74. The number of phenols is 1. The fourth-order valence-electron chi connectivity index (χ4n) is 3.52. The van der Waals surface area contributed by atoms with Crippen molar-refractivity contribution in [2.45, 2.75) is 13.8 Å². The number of carbonyl (C=O) groups excluding carboxylic acids is 1. The van der Waals surface area contributed by atoms with Crippen molar-refractivity contribution in [1.29, 1.82) is 0 Å². The van der Waals surface area contributed by atoms with Crippen LogP contribution < -0.4 is 4.74 Å². The zero-order chi connectivity index (χ0) is 20.7. The maximum atomic E-state index is 13.6. The second-order valence-electron chi connectivity index (χ2n) is 6.89. The Bertz CT molecular complexity index is 1240. The molecule has 4 aromatic rings. The molecule has 0 amide bonds. The molecule has 0 unspecified atom stereocenters. The Kier molecular flexibility index (Phi) is 4.92. The number of ketones is 1. The first-order valence-corrected chi connectivity index (χ1v) is 9.91. The van der Waals surface area contributed by atoms with E-state index in [1.54, 1.807) is 26.2 Å². The van der Waals surface area contributed by atoms with Crippen LogP contribution in [0.2, 0.25) is 0 Å². The van der Waals surface area contributed by atoms with Gasteiger partial charge in [-0.25, -0.2) is 0 Å².